The lowest BCUT2D eigenvalue weighted by Gasteiger charge is -2.12. The minimum Gasteiger partial charge on any atom is -0.465 e. The SMILES string of the molecule is COC(=O)c1cc(S(N)(=O)=O)ccc1OC(F)(F)F. The summed E-state index contributed by atoms with van der Waals surface area (Å²) in [6, 6.07) is 2.09. The number of benzene rings is 1. The maximum Gasteiger partial charge on any atom is 0.573 e. The van der Waals surface area contributed by atoms with Crippen molar-refractivity contribution in [3.8, 4) is 5.75 Å². The van der Waals surface area contributed by atoms with Crippen molar-refractivity contribution in [1.29, 1.82) is 0 Å². The van der Waals surface area contributed by atoms with Gasteiger partial charge in [-0.15, -0.1) is 13.2 Å². The topological polar surface area (TPSA) is 95.7 Å². The van der Waals surface area contributed by atoms with Crippen molar-refractivity contribution in [3.63, 3.8) is 0 Å². The number of halogens is 3. The molecular weight excluding hydrogens is 291 g/mol. The Labute approximate surface area is 106 Å². The summed E-state index contributed by atoms with van der Waals surface area (Å²) in [5, 5.41) is 4.80. The summed E-state index contributed by atoms with van der Waals surface area (Å²) < 4.78 is 66.3. The Bertz CT molecular complexity index is 596. The fourth-order valence-corrected chi connectivity index (χ4v) is 1.71. The van der Waals surface area contributed by atoms with Gasteiger partial charge in [0.25, 0.3) is 0 Å². The minimum absolute atomic E-state index is 0.539. The normalized spacial score (nSPS) is 12.1. The highest BCUT2D eigenvalue weighted by atomic mass is 32.2. The Morgan fingerprint density at radius 3 is 2.32 bits per heavy atom. The monoisotopic (exact) mass is 299 g/mol. The standard InChI is InChI=1S/C9H8F3NO5S/c1-17-8(14)6-4-5(19(13,15)16)2-3-7(6)18-9(10,11)12/h2-4H,1H3,(H2,13,15,16). The second-order valence-corrected chi connectivity index (χ2v) is 4.80. The number of carbonyl (C=O) groups is 1. The van der Waals surface area contributed by atoms with Crippen LogP contribution in [0.25, 0.3) is 0 Å². The van der Waals surface area contributed by atoms with Crippen LogP contribution in [0.2, 0.25) is 0 Å². The van der Waals surface area contributed by atoms with E-state index < -0.39 is 38.6 Å². The highest BCUT2D eigenvalue weighted by Gasteiger charge is 2.33. The molecule has 0 saturated carbocycles. The summed E-state index contributed by atoms with van der Waals surface area (Å²) in [6.45, 7) is 0. The van der Waals surface area contributed by atoms with E-state index >= 15 is 0 Å². The molecule has 0 heterocycles. The van der Waals surface area contributed by atoms with Crippen molar-refractivity contribution < 1.29 is 35.9 Å². The molecule has 0 unspecified atom stereocenters. The first-order chi connectivity index (χ1) is 8.54. The Morgan fingerprint density at radius 1 is 1.32 bits per heavy atom. The molecule has 19 heavy (non-hydrogen) atoms. The van der Waals surface area contributed by atoms with E-state index in [4.69, 9.17) is 5.14 Å². The van der Waals surface area contributed by atoms with Crippen LogP contribution in [0, 0.1) is 0 Å². The predicted molar refractivity (Wildman–Crippen MR) is 55.8 cm³/mol. The zero-order chi connectivity index (χ0) is 14.8. The number of nitrogens with two attached hydrogens (primary N) is 1. The average molecular weight is 299 g/mol. The van der Waals surface area contributed by atoms with Gasteiger partial charge in [-0.3, -0.25) is 0 Å². The number of methoxy groups -OCH3 is 1. The van der Waals surface area contributed by atoms with Gasteiger partial charge in [-0.25, -0.2) is 18.4 Å². The second kappa shape index (κ2) is 5.05. The first-order valence-corrected chi connectivity index (χ1v) is 6.10. The van der Waals surface area contributed by atoms with Gasteiger partial charge in [0.1, 0.15) is 11.3 Å². The van der Waals surface area contributed by atoms with E-state index in [0.717, 1.165) is 13.2 Å². The van der Waals surface area contributed by atoms with E-state index in [2.05, 4.69) is 9.47 Å². The van der Waals surface area contributed by atoms with Gasteiger partial charge in [-0.2, -0.15) is 0 Å². The summed E-state index contributed by atoms with van der Waals surface area (Å²) in [5.74, 6) is -2.07. The van der Waals surface area contributed by atoms with Gasteiger partial charge in [0.05, 0.1) is 12.0 Å². The maximum atomic E-state index is 12.1. The fourth-order valence-electron chi connectivity index (χ4n) is 1.17. The molecule has 0 aliphatic rings. The molecule has 0 radical (unpaired) electrons. The van der Waals surface area contributed by atoms with Crippen LogP contribution in [-0.4, -0.2) is 27.9 Å². The molecule has 0 fully saturated rings. The number of esters is 1. The van der Waals surface area contributed by atoms with E-state index in [1.165, 1.54) is 0 Å². The molecular formula is C9H8F3NO5S. The van der Waals surface area contributed by atoms with Crippen molar-refractivity contribution in [1.82, 2.24) is 0 Å². The van der Waals surface area contributed by atoms with E-state index in [1.807, 2.05) is 0 Å². The van der Waals surface area contributed by atoms with Gasteiger partial charge in [0.15, 0.2) is 0 Å². The zero-order valence-electron chi connectivity index (χ0n) is 9.39. The number of hydrogen-bond acceptors (Lipinski definition) is 5. The minimum atomic E-state index is -5.04. The highest BCUT2D eigenvalue weighted by molar-refractivity contribution is 7.89. The molecule has 1 aromatic carbocycles. The lowest BCUT2D eigenvalue weighted by Crippen LogP contribution is -2.20. The van der Waals surface area contributed by atoms with Crippen molar-refractivity contribution in [2.45, 2.75) is 11.3 Å². The molecule has 0 aromatic heterocycles. The third kappa shape index (κ3) is 4.10. The Kier molecular flexibility index (Phi) is 4.06. The number of primary sulfonamides is 1. The van der Waals surface area contributed by atoms with Gasteiger partial charge in [-0.1, -0.05) is 0 Å². The highest BCUT2D eigenvalue weighted by Crippen LogP contribution is 2.28. The number of alkyl halides is 3. The van der Waals surface area contributed by atoms with Crippen LogP contribution in [0.4, 0.5) is 13.2 Å². The van der Waals surface area contributed by atoms with Crippen molar-refractivity contribution in [2.24, 2.45) is 5.14 Å². The lowest BCUT2D eigenvalue weighted by molar-refractivity contribution is -0.274. The number of sulfonamides is 1. The molecule has 106 valence electrons. The second-order valence-electron chi connectivity index (χ2n) is 3.24. The third-order valence-electron chi connectivity index (χ3n) is 1.91. The summed E-state index contributed by atoms with van der Waals surface area (Å²) in [7, 11) is -3.25. The van der Waals surface area contributed by atoms with Crippen molar-refractivity contribution in [3.05, 3.63) is 23.8 Å². The number of carbonyl (C=O) groups excluding carboxylic acids is 1. The van der Waals surface area contributed by atoms with Gasteiger partial charge in [-0.05, 0) is 18.2 Å². The molecule has 0 bridgehead atoms. The van der Waals surface area contributed by atoms with Crippen molar-refractivity contribution >= 4 is 16.0 Å². The van der Waals surface area contributed by atoms with Crippen LogP contribution in [0.3, 0.4) is 0 Å². The van der Waals surface area contributed by atoms with Crippen LogP contribution in [0.5, 0.6) is 5.75 Å². The number of hydrogen-bond donors (Lipinski definition) is 1. The first kappa shape index (κ1) is 15.2. The molecule has 6 nitrogen and oxygen atoms in total. The number of rotatable bonds is 3. The fraction of sp³-hybridized carbons (Fsp3) is 0.222. The summed E-state index contributed by atoms with van der Waals surface area (Å²) in [6.07, 6.45) is -5.04. The Hall–Kier alpha value is -1.81. The largest absolute Gasteiger partial charge is 0.573 e. The van der Waals surface area contributed by atoms with Crippen LogP contribution in [0.1, 0.15) is 10.4 Å². The zero-order valence-corrected chi connectivity index (χ0v) is 10.2. The van der Waals surface area contributed by atoms with Crippen molar-refractivity contribution in [2.75, 3.05) is 7.11 Å². The molecule has 0 amide bonds. The lowest BCUT2D eigenvalue weighted by atomic mass is 10.2. The van der Waals surface area contributed by atoms with Crippen LogP contribution in [-0.2, 0) is 14.8 Å². The molecule has 0 aliphatic heterocycles. The molecule has 0 atom stereocenters. The van der Waals surface area contributed by atoms with E-state index in [1.54, 1.807) is 0 Å². The molecule has 1 aromatic rings. The average Bonchev–Trinajstić information content (AvgIpc) is 2.25. The molecule has 2 N–H and O–H groups in total. The molecule has 1 rings (SSSR count). The predicted octanol–water partition coefficient (Wildman–Crippen LogP) is 1.02. The van der Waals surface area contributed by atoms with E-state index in [-0.39, 0.29) is 0 Å². The van der Waals surface area contributed by atoms with Crippen LogP contribution in [0.15, 0.2) is 23.1 Å². The van der Waals surface area contributed by atoms with Gasteiger partial charge < -0.3 is 9.47 Å². The van der Waals surface area contributed by atoms with E-state index in [0.29, 0.717) is 12.1 Å². The number of ether oxygens (including phenoxy) is 2. The molecule has 0 saturated heterocycles. The molecule has 0 spiro atoms. The molecule has 0 aliphatic carbocycles. The third-order valence-corrected chi connectivity index (χ3v) is 2.82. The Morgan fingerprint density at radius 2 is 1.89 bits per heavy atom. The smallest absolute Gasteiger partial charge is 0.465 e. The van der Waals surface area contributed by atoms with Gasteiger partial charge in [0.2, 0.25) is 10.0 Å². The summed E-state index contributed by atoms with van der Waals surface area (Å²) >= 11 is 0. The summed E-state index contributed by atoms with van der Waals surface area (Å²) in [5.41, 5.74) is -0.702. The van der Waals surface area contributed by atoms with Crippen LogP contribution < -0.4 is 9.88 Å². The van der Waals surface area contributed by atoms with Crippen LogP contribution >= 0.6 is 0 Å². The quantitative estimate of drug-likeness (QED) is 0.841. The molecule has 10 heteroatoms. The van der Waals surface area contributed by atoms with Gasteiger partial charge in [0, 0.05) is 0 Å². The summed E-state index contributed by atoms with van der Waals surface area (Å²) in [4.78, 5) is 10.8. The van der Waals surface area contributed by atoms with E-state index in [9.17, 15) is 26.4 Å². The Balaban J connectivity index is 3.37. The first-order valence-electron chi connectivity index (χ1n) is 4.55. The van der Waals surface area contributed by atoms with Gasteiger partial charge >= 0.3 is 12.3 Å². The maximum absolute atomic E-state index is 12.1.